The Balaban J connectivity index is 2.33. The smallest absolute Gasteiger partial charge is 0.338 e. The largest absolute Gasteiger partial charge is 0.506 e. The molecule has 102 valence electrons. The van der Waals surface area contributed by atoms with Crippen LogP contribution in [0.1, 0.15) is 16.8 Å². The average Bonchev–Trinajstić information content (AvgIpc) is 2.40. The normalized spacial score (nSPS) is 9.74. The number of nitrogens with one attached hydrogen (secondary N) is 1. The number of rotatable bonds is 6. The number of ether oxygens (including phenoxy) is 1. The van der Waals surface area contributed by atoms with Crippen LogP contribution in [0.15, 0.2) is 30.9 Å². The van der Waals surface area contributed by atoms with Crippen LogP contribution in [0.4, 0.5) is 0 Å². The fourth-order valence-electron chi connectivity index (χ4n) is 1.24. The van der Waals surface area contributed by atoms with Crippen LogP contribution in [0.25, 0.3) is 0 Å². The van der Waals surface area contributed by atoms with Crippen molar-refractivity contribution in [2.24, 2.45) is 0 Å². The standard InChI is InChI=1S/C13H14ClNO4/c1-2-12(17)15-6-3-7-19-13(18)9-4-5-11(16)10(14)8-9/h2,4-5,8,16H,1,3,6-7H2,(H,15,17). The van der Waals surface area contributed by atoms with Crippen LogP contribution < -0.4 is 5.32 Å². The van der Waals surface area contributed by atoms with Crippen LogP contribution in [-0.2, 0) is 9.53 Å². The first-order valence-electron chi connectivity index (χ1n) is 5.60. The Morgan fingerprint density at radius 1 is 1.47 bits per heavy atom. The van der Waals surface area contributed by atoms with E-state index in [0.29, 0.717) is 13.0 Å². The summed E-state index contributed by atoms with van der Waals surface area (Å²) in [5.74, 6) is -0.890. The highest BCUT2D eigenvalue weighted by atomic mass is 35.5. The number of amides is 1. The molecule has 19 heavy (non-hydrogen) atoms. The number of carbonyl (C=O) groups is 2. The van der Waals surface area contributed by atoms with Crippen LogP contribution >= 0.6 is 11.6 Å². The Morgan fingerprint density at radius 2 is 2.21 bits per heavy atom. The number of hydrogen-bond acceptors (Lipinski definition) is 4. The highest BCUT2D eigenvalue weighted by Gasteiger charge is 2.09. The SMILES string of the molecule is C=CC(=O)NCCCOC(=O)c1ccc(O)c(Cl)c1. The molecule has 0 heterocycles. The van der Waals surface area contributed by atoms with Gasteiger partial charge in [-0.3, -0.25) is 4.79 Å². The second kappa shape index (κ2) is 7.43. The molecule has 0 aliphatic heterocycles. The van der Waals surface area contributed by atoms with Crippen molar-refractivity contribution in [2.45, 2.75) is 6.42 Å². The molecular weight excluding hydrogens is 270 g/mol. The average molecular weight is 284 g/mol. The fourth-order valence-corrected chi connectivity index (χ4v) is 1.42. The van der Waals surface area contributed by atoms with Crippen molar-refractivity contribution < 1.29 is 19.4 Å². The number of hydrogen-bond donors (Lipinski definition) is 2. The number of halogens is 1. The van der Waals surface area contributed by atoms with E-state index < -0.39 is 5.97 Å². The van der Waals surface area contributed by atoms with Gasteiger partial charge < -0.3 is 15.2 Å². The minimum Gasteiger partial charge on any atom is -0.506 e. The topological polar surface area (TPSA) is 75.6 Å². The van der Waals surface area contributed by atoms with Gasteiger partial charge in [0, 0.05) is 6.54 Å². The summed E-state index contributed by atoms with van der Waals surface area (Å²) in [6, 6.07) is 4.07. The van der Waals surface area contributed by atoms with Crippen molar-refractivity contribution in [3.8, 4) is 5.75 Å². The summed E-state index contributed by atoms with van der Waals surface area (Å²) < 4.78 is 4.98. The Morgan fingerprint density at radius 3 is 2.84 bits per heavy atom. The molecule has 1 rings (SSSR count). The molecule has 1 aromatic rings. The summed E-state index contributed by atoms with van der Waals surface area (Å²) in [5.41, 5.74) is 0.262. The van der Waals surface area contributed by atoms with E-state index in [1.54, 1.807) is 0 Å². The van der Waals surface area contributed by atoms with Gasteiger partial charge in [0.1, 0.15) is 5.75 Å². The van der Waals surface area contributed by atoms with Crippen LogP contribution in [0.3, 0.4) is 0 Å². The Hall–Kier alpha value is -2.01. The molecule has 1 amide bonds. The third kappa shape index (κ3) is 5.01. The number of benzene rings is 1. The van der Waals surface area contributed by atoms with Crippen molar-refractivity contribution in [2.75, 3.05) is 13.2 Å². The molecule has 2 N–H and O–H groups in total. The molecule has 0 spiro atoms. The maximum atomic E-state index is 11.6. The monoisotopic (exact) mass is 283 g/mol. The highest BCUT2D eigenvalue weighted by molar-refractivity contribution is 6.32. The van der Waals surface area contributed by atoms with Gasteiger partial charge in [-0.25, -0.2) is 4.79 Å². The molecule has 1 aromatic carbocycles. The fraction of sp³-hybridized carbons (Fsp3) is 0.231. The lowest BCUT2D eigenvalue weighted by Crippen LogP contribution is -2.23. The number of phenolic OH excluding ortho intramolecular Hbond substituents is 1. The zero-order valence-electron chi connectivity index (χ0n) is 10.2. The molecule has 5 nitrogen and oxygen atoms in total. The molecule has 6 heteroatoms. The molecule has 0 aliphatic rings. The number of esters is 1. The van der Waals surface area contributed by atoms with E-state index in [4.69, 9.17) is 16.3 Å². The van der Waals surface area contributed by atoms with Gasteiger partial charge in [-0.15, -0.1) is 0 Å². The third-order valence-corrected chi connectivity index (χ3v) is 2.53. The second-order valence-corrected chi connectivity index (χ2v) is 4.06. The third-order valence-electron chi connectivity index (χ3n) is 2.22. The predicted molar refractivity (Wildman–Crippen MR) is 71.2 cm³/mol. The Kier molecular flexibility index (Phi) is 5.89. The van der Waals surface area contributed by atoms with Gasteiger partial charge in [0.05, 0.1) is 17.2 Å². The van der Waals surface area contributed by atoms with Crippen molar-refractivity contribution in [1.82, 2.24) is 5.32 Å². The number of phenols is 1. The van der Waals surface area contributed by atoms with Gasteiger partial charge in [0.25, 0.3) is 0 Å². The van der Waals surface area contributed by atoms with Gasteiger partial charge in [-0.05, 0) is 30.7 Å². The van der Waals surface area contributed by atoms with Gasteiger partial charge >= 0.3 is 5.97 Å². The van der Waals surface area contributed by atoms with E-state index in [9.17, 15) is 14.7 Å². The Bertz CT molecular complexity index is 488. The molecule has 0 bridgehead atoms. The molecule has 0 aromatic heterocycles. The molecule has 0 fully saturated rings. The summed E-state index contributed by atoms with van der Waals surface area (Å²) in [4.78, 5) is 22.4. The lowest BCUT2D eigenvalue weighted by molar-refractivity contribution is -0.116. The van der Waals surface area contributed by atoms with E-state index in [1.807, 2.05) is 0 Å². The summed E-state index contributed by atoms with van der Waals surface area (Å²) >= 11 is 5.68. The van der Waals surface area contributed by atoms with Crippen LogP contribution in [0.5, 0.6) is 5.75 Å². The summed E-state index contributed by atoms with van der Waals surface area (Å²) in [5, 5.41) is 11.9. The lowest BCUT2D eigenvalue weighted by Gasteiger charge is -2.06. The van der Waals surface area contributed by atoms with Crippen LogP contribution in [0, 0.1) is 0 Å². The molecular formula is C13H14ClNO4. The van der Waals surface area contributed by atoms with Gasteiger partial charge in [0.2, 0.25) is 5.91 Å². The summed E-state index contributed by atoms with van der Waals surface area (Å²) in [6.45, 7) is 3.89. The van der Waals surface area contributed by atoms with E-state index in [0.717, 1.165) is 0 Å². The minimum atomic E-state index is -0.531. The lowest BCUT2D eigenvalue weighted by atomic mass is 10.2. The first kappa shape index (κ1) is 15.0. The van der Waals surface area contributed by atoms with Crippen LogP contribution in [-0.4, -0.2) is 30.1 Å². The summed E-state index contributed by atoms with van der Waals surface area (Å²) in [6.07, 6.45) is 1.67. The van der Waals surface area contributed by atoms with Gasteiger partial charge in [-0.1, -0.05) is 18.2 Å². The van der Waals surface area contributed by atoms with Crippen molar-refractivity contribution in [3.63, 3.8) is 0 Å². The van der Waals surface area contributed by atoms with E-state index in [1.165, 1.54) is 24.3 Å². The predicted octanol–water partition coefficient (Wildman–Crippen LogP) is 1.89. The molecule has 0 aliphatic carbocycles. The molecule has 0 radical (unpaired) electrons. The van der Waals surface area contributed by atoms with Crippen molar-refractivity contribution in [1.29, 1.82) is 0 Å². The maximum Gasteiger partial charge on any atom is 0.338 e. The minimum absolute atomic E-state index is 0.0905. The van der Waals surface area contributed by atoms with Crippen molar-refractivity contribution >= 4 is 23.5 Å². The molecule has 0 saturated heterocycles. The molecule has 0 atom stereocenters. The van der Waals surface area contributed by atoms with E-state index in [2.05, 4.69) is 11.9 Å². The quantitative estimate of drug-likeness (QED) is 0.475. The number of aromatic hydroxyl groups is 1. The zero-order valence-corrected chi connectivity index (χ0v) is 10.9. The highest BCUT2D eigenvalue weighted by Crippen LogP contribution is 2.23. The summed E-state index contributed by atoms with van der Waals surface area (Å²) in [7, 11) is 0. The van der Waals surface area contributed by atoms with Gasteiger partial charge in [-0.2, -0.15) is 0 Å². The molecule has 0 saturated carbocycles. The number of carbonyl (C=O) groups excluding carboxylic acids is 2. The maximum absolute atomic E-state index is 11.6. The zero-order chi connectivity index (χ0) is 14.3. The molecule has 0 unspecified atom stereocenters. The van der Waals surface area contributed by atoms with E-state index in [-0.39, 0.29) is 28.8 Å². The first-order valence-corrected chi connectivity index (χ1v) is 5.98. The van der Waals surface area contributed by atoms with Crippen LogP contribution in [0.2, 0.25) is 5.02 Å². The first-order chi connectivity index (χ1) is 9.04. The van der Waals surface area contributed by atoms with E-state index >= 15 is 0 Å². The van der Waals surface area contributed by atoms with Gasteiger partial charge in [0.15, 0.2) is 0 Å². The second-order valence-electron chi connectivity index (χ2n) is 3.65. The van der Waals surface area contributed by atoms with Crippen molar-refractivity contribution in [3.05, 3.63) is 41.4 Å². The Labute approximate surface area is 115 Å².